The highest BCUT2D eigenvalue weighted by Crippen LogP contribution is 2.39. The van der Waals surface area contributed by atoms with E-state index in [-0.39, 0.29) is 12.5 Å². The van der Waals surface area contributed by atoms with Crippen LogP contribution in [-0.2, 0) is 4.79 Å². The molecular formula is C18H19N3O4. The zero-order chi connectivity index (χ0) is 18.2. The molecule has 0 saturated heterocycles. The van der Waals surface area contributed by atoms with Crippen LogP contribution in [0.1, 0.15) is 5.56 Å². The van der Waals surface area contributed by atoms with Crippen molar-refractivity contribution in [3.63, 3.8) is 0 Å². The van der Waals surface area contributed by atoms with Crippen molar-refractivity contribution in [2.24, 2.45) is 0 Å². The Labute approximate surface area is 146 Å². The van der Waals surface area contributed by atoms with Crippen molar-refractivity contribution in [3.8, 4) is 23.3 Å². The first-order valence-electron chi connectivity index (χ1n) is 7.45. The first-order chi connectivity index (χ1) is 12.1. The van der Waals surface area contributed by atoms with Gasteiger partial charge in [-0.15, -0.1) is 0 Å². The summed E-state index contributed by atoms with van der Waals surface area (Å²) in [6, 6.07) is 12.3. The van der Waals surface area contributed by atoms with Gasteiger partial charge in [-0.1, -0.05) is 12.1 Å². The summed E-state index contributed by atoms with van der Waals surface area (Å²) in [4.78, 5) is 12.2. The number of nitrogens with zero attached hydrogens (tertiary/aromatic N) is 1. The van der Waals surface area contributed by atoms with Crippen molar-refractivity contribution in [2.45, 2.75) is 0 Å². The molecule has 2 aromatic rings. The van der Waals surface area contributed by atoms with Crippen LogP contribution in [0.15, 0.2) is 36.4 Å². The minimum atomic E-state index is -0.276. The van der Waals surface area contributed by atoms with Gasteiger partial charge in [0.25, 0.3) is 0 Å². The molecule has 2 rings (SSSR count). The second-order valence-electron chi connectivity index (χ2n) is 4.97. The molecule has 25 heavy (non-hydrogen) atoms. The fourth-order valence-corrected chi connectivity index (χ4v) is 2.27. The van der Waals surface area contributed by atoms with Gasteiger partial charge in [-0.05, 0) is 12.1 Å². The number of amides is 1. The molecule has 0 heterocycles. The van der Waals surface area contributed by atoms with E-state index in [0.29, 0.717) is 34.2 Å². The minimum absolute atomic E-state index is 0.00928. The number of para-hydroxylation sites is 1. The summed E-state index contributed by atoms with van der Waals surface area (Å²) in [5.74, 6) is 1.06. The Morgan fingerprint density at radius 2 is 1.72 bits per heavy atom. The van der Waals surface area contributed by atoms with Crippen LogP contribution in [-0.4, -0.2) is 33.8 Å². The molecule has 0 aliphatic heterocycles. The average Bonchev–Trinajstić information content (AvgIpc) is 2.65. The van der Waals surface area contributed by atoms with Crippen LogP contribution in [0, 0.1) is 11.3 Å². The third-order valence-corrected chi connectivity index (χ3v) is 3.44. The van der Waals surface area contributed by atoms with Gasteiger partial charge in [0.1, 0.15) is 6.07 Å². The number of nitrogens with one attached hydrogen (secondary N) is 2. The van der Waals surface area contributed by atoms with Crippen LogP contribution in [0.4, 0.5) is 11.4 Å². The van der Waals surface area contributed by atoms with E-state index in [0.717, 1.165) is 0 Å². The highest BCUT2D eigenvalue weighted by atomic mass is 16.5. The van der Waals surface area contributed by atoms with Crippen molar-refractivity contribution in [1.82, 2.24) is 0 Å². The Hall–Kier alpha value is -3.40. The molecule has 0 spiro atoms. The zero-order valence-corrected chi connectivity index (χ0v) is 14.3. The third kappa shape index (κ3) is 4.32. The van der Waals surface area contributed by atoms with Crippen molar-refractivity contribution in [1.29, 1.82) is 5.26 Å². The molecule has 2 aromatic carbocycles. The second-order valence-corrected chi connectivity index (χ2v) is 4.97. The summed E-state index contributed by atoms with van der Waals surface area (Å²) < 4.78 is 15.7. The summed E-state index contributed by atoms with van der Waals surface area (Å²) in [5, 5.41) is 14.7. The second kappa shape index (κ2) is 8.45. The number of carbonyl (C=O) groups excluding carboxylic acids is 1. The summed E-state index contributed by atoms with van der Waals surface area (Å²) in [7, 11) is 4.52. The van der Waals surface area contributed by atoms with Gasteiger partial charge < -0.3 is 24.8 Å². The maximum atomic E-state index is 12.2. The highest BCUT2D eigenvalue weighted by molar-refractivity contribution is 5.94. The standard InChI is InChI=1S/C18H19N3O4/c1-23-15-8-13(9-16(24-2)18(15)25-3)21-17(22)11-20-14-7-5-4-6-12(14)10-19/h4-9,20H,11H2,1-3H3,(H,21,22). The molecule has 0 aliphatic rings. The lowest BCUT2D eigenvalue weighted by atomic mass is 10.2. The molecule has 0 saturated carbocycles. The monoisotopic (exact) mass is 341 g/mol. The lowest BCUT2D eigenvalue weighted by Gasteiger charge is -2.15. The molecule has 0 radical (unpaired) electrons. The predicted octanol–water partition coefficient (Wildman–Crippen LogP) is 2.63. The average molecular weight is 341 g/mol. The first kappa shape index (κ1) is 17.9. The molecular weight excluding hydrogens is 322 g/mol. The number of nitriles is 1. The number of hydrogen-bond donors (Lipinski definition) is 2. The third-order valence-electron chi connectivity index (χ3n) is 3.44. The number of anilines is 2. The summed E-state index contributed by atoms with van der Waals surface area (Å²) >= 11 is 0. The number of methoxy groups -OCH3 is 3. The minimum Gasteiger partial charge on any atom is -0.493 e. The fourth-order valence-electron chi connectivity index (χ4n) is 2.27. The Morgan fingerprint density at radius 1 is 1.08 bits per heavy atom. The number of rotatable bonds is 7. The molecule has 0 aromatic heterocycles. The normalized spacial score (nSPS) is 9.68. The van der Waals surface area contributed by atoms with Crippen LogP contribution in [0.25, 0.3) is 0 Å². The topological polar surface area (TPSA) is 92.6 Å². The van der Waals surface area contributed by atoms with E-state index in [1.165, 1.54) is 21.3 Å². The maximum absolute atomic E-state index is 12.2. The molecule has 7 nitrogen and oxygen atoms in total. The first-order valence-corrected chi connectivity index (χ1v) is 7.45. The molecule has 1 amide bonds. The fraction of sp³-hybridized carbons (Fsp3) is 0.222. The molecule has 7 heteroatoms. The number of ether oxygens (including phenoxy) is 3. The predicted molar refractivity (Wildman–Crippen MR) is 94.4 cm³/mol. The van der Waals surface area contributed by atoms with E-state index in [1.807, 2.05) is 0 Å². The van der Waals surface area contributed by atoms with Gasteiger partial charge >= 0.3 is 0 Å². The lowest BCUT2D eigenvalue weighted by Crippen LogP contribution is -2.22. The van der Waals surface area contributed by atoms with Gasteiger partial charge in [-0.3, -0.25) is 4.79 Å². The molecule has 2 N–H and O–H groups in total. The molecule has 130 valence electrons. The summed E-state index contributed by atoms with van der Waals surface area (Å²) in [6.07, 6.45) is 0. The summed E-state index contributed by atoms with van der Waals surface area (Å²) in [5.41, 5.74) is 1.59. The maximum Gasteiger partial charge on any atom is 0.243 e. The molecule has 0 fully saturated rings. The van der Waals surface area contributed by atoms with Gasteiger partial charge in [0.2, 0.25) is 11.7 Å². The van der Waals surface area contributed by atoms with Gasteiger partial charge in [0, 0.05) is 17.8 Å². The van der Waals surface area contributed by atoms with E-state index >= 15 is 0 Å². The van der Waals surface area contributed by atoms with Crippen LogP contribution < -0.4 is 24.8 Å². The molecule has 0 unspecified atom stereocenters. The van der Waals surface area contributed by atoms with Gasteiger partial charge in [0.05, 0.1) is 39.1 Å². The SMILES string of the molecule is COc1cc(NC(=O)CNc2ccccc2C#N)cc(OC)c1OC. The van der Waals surface area contributed by atoms with Gasteiger partial charge in [-0.2, -0.15) is 5.26 Å². The molecule has 0 aliphatic carbocycles. The smallest absolute Gasteiger partial charge is 0.243 e. The largest absolute Gasteiger partial charge is 0.493 e. The highest BCUT2D eigenvalue weighted by Gasteiger charge is 2.14. The molecule has 0 atom stereocenters. The Balaban J connectivity index is 2.09. The zero-order valence-electron chi connectivity index (χ0n) is 14.3. The Kier molecular flexibility index (Phi) is 6.07. The quantitative estimate of drug-likeness (QED) is 0.804. The number of carbonyl (C=O) groups is 1. The van der Waals surface area contributed by atoms with Crippen molar-refractivity contribution in [2.75, 3.05) is 38.5 Å². The van der Waals surface area contributed by atoms with E-state index in [1.54, 1.807) is 36.4 Å². The lowest BCUT2D eigenvalue weighted by molar-refractivity contribution is -0.114. The van der Waals surface area contributed by atoms with Crippen LogP contribution in [0.2, 0.25) is 0 Å². The van der Waals surface area contributed by atoms with Crippen molar-refractivity contribution < 1.29 is 19.0 Å². The van der Waals surface area contributed by atoms with Crippen molar-refractivity contribution in [3.05, 3.63) is 42.0 Å². The van der Waals surface area contributed by atoms with Gasteiger partial charge in [0.15, 0.2) is 11.5 Å². The summed E-state index contributed by atoms with van der Waals surface area (Å²) in [6.45, 7) is 0.00928. The number of benzene rings is 2. The van der Waals surface area contributed by atoms with Crippen LogP contribution in [0.5, 0.6) is 17.2 Å². The Bertz CT molecular complexity index is 774. The van der Waals surface area contributed by atoms with Crippen LogP contribution in [0.3, 0.4) is 0 Å². The van der Waals surface area contributed by atoms with E-state index in [9.17, 15) is 4.79 Å². The van der Waals surface area contributed by atoms with Gasteiger partial charge in [-0.25, -0.2) is 0 Å². The Morgan fingerprint density at radius 3 is 2.28 bits per heavy atom. The van der Waals surface area contributed by atoms with Crippen LogP contribution >= 0.6 is 0 Å². The number of hydrogen-bond acceptors (Lipinski definition) is 6. The van der Waals surface area contributed by atoms with Crippen molar-refractivity contribution >= 4 is 17.3 Å². The van der Waals surface area contributed by atoms with E-state index in [4.69, 9.17) is 19.5 Å². The van der Waals surface area contributed by atoms with E-state index < -0.39 is 0 Å². The van der Waals surface area contributed by atoms with E-state index in [2.05, 4.69) is 16.7 Å². The molecule has 0 bridgehead atoms.